The molecule has 160 valence electrons. The molecule has 1 aliphatic rings. The summed E-state index contributed by atoms with van der Waals surface area (Å²) in [6.07, 6.45) is 3.92. The number of likely N-dealkylation sites (tertiary alicyclic amines) is 1. The third-order valence-electron chi connectivity index (χ3n) is 5.59. The van der Waals surface area contributed by atoms with E-state index in [9.17, 15) is 9.59 Å². The molecule has 1 aliphatic heterocycles. The number of urea groups is 1. The normalized spacial score (nSPS) is 15.8. The van der Waals surface area contributed by atoms with Crippen molar-refractivity contribution in [2.24, 2.45) is 0 Å². The molecule has 31 heavy (non-hydrogen) atoms. The van der Waals surface area contributed by atoms with E-state index in [1.54, 1.807) is 11.1 Å². The van der Waals surface area contributed by atoms with Gasteiger partial charge in [0, 0.05) is 30.6 Å². The molecule has 2 heterocycles. The van der Waals surface area contributed by atoms with Crippen LogP contribution in [0.5, 0.6) is 0 Å². The van der Waals surface area contributed by atoms with Gasteiger partial charge in [0.25, 0.3) is 0 Å². The average Bonchev–Trinajstić information content (AvgIpc) is 3.50. The minimum atomic E-state index is -0.456. The highest BCUT2D eigenvalue weighted by molar-refractivity contribution is 7.13. The minimum absolute atomic E-state index is 0.172. The smallest absolute Gasteiger partial charge is 0.318 e. The summed E-state index contributed by atoms with van der Waals surface area (Å²) in [5.41, 5.74) is 2.45. The van der Waals surface area contributed by atoms with Gasteiger partial charge in [-0.3, -0.25) is 4.79 Å². The fourth-order valence-electron chi connectivity index (χ4n) is 4.08. The number of carbonyl (C=O) groups is 2. The lowest BCUT2D eigenvalue weighted by Crippen LogP contribution is -2.48. The highest BCUT2D eigenvalue weighted by atomic mass is 32.1. The second-order valence-corrected chi connectivity index (χ2v) is 8.47. The van der Waals surface area contributed by atoms with Gasteiger partial charge in [-0.1, -0.05) is 60.7 Å². The molecule has 0 aliphatic carbocycles. The van der Waals surface area contributed by atoms with Gasteiger partial charge in [0.05, 0.1) is 0 Å². The number of thiazole rings is 1. The Hall–Kier alpha value is -3.19. The number of hydrogen-bond acceptors (Lipinski definition) is 4. The van der Waals surface area contributed by atoms with Crippen molar-refractivity contribution >= 4 is 28.4 Å². The van der Waals surface area contributed by atoms with Crippen LogP contribution < -0.4 is 10.6 Å². The number of amides is 3. The zero-order valence-corrected chi connectivity index (χ0v) is 18.1. The maximum Gasteiger partial charge on any atom is 0.318 e. The number of carbonyl (C=O) groups excluding carboxylic acids is 2. The fraction of sp³-hybridized carbons (Fsp3) is 0.292. The van der Waals surface area contributed by atoms with Gasteiger partial charge >= 0.3 is 6.03 Å². The molecule has 0 radical (unpaired) electrons. The van der Waals surface area contributed by atoms with Gasteiger partial charge in [0.1, 0.15) is 6.04 Å². The SMILES string of the molecule is O=C(Nc1nccs1)[C@@H]1CCCN1C(=O)NCCC(c1ccccc1)c1ccccc1. The van der Waals surface area contributed by atoms with Crippen LogP contribution in [0.25, 0.3) is 0 Å². The Morgan fingerprint density at radius 3 is 2.35 bits per heavy atom. The van der Waals surface area contributed by atoms with Crippen LogP contribution in [-0.4, -0.2) is 41.0 Å². The quantitative estimate of drug-likeness (QED) is 0.576. The Balaban J connectivity index is 1.36. The van der Waals surface area contributed by atoms with E-state index in [0.717, 1.165) is 12.8 Å². The third-order valence-corrected chi connectivity index (χ3v) is 6.28. The summed E-state index contributed by atoms with van der Waals surface area (Å²) in [6, 6.07) is 20.0. The van der Waals surface area contributed by atoms with Crippen molar-refractivity contribution < 1.29 is 9.59 Å². The van der Waals surface area contributed by atoms with Crippen LogP contribution in [0.4, 0.5) is 9.93 Å². The summed E-state index contributed by atoms with van der Waals surface area (Å²) in [7, 11) is 0. The van der Waals surface area contributed by atoms with Crippen LogP contribution >= 0.6 is 11.3 Å². The molecule has 2 N–H and O–H groups in total. The first kappa shape index (κ1) is 21.1. The van der Waals surface area contributed by atoms with Gasteiger partial charge < -0.3 is 15.5 Å². The van der Waals surface area contributed by atoms with E-state index < -0.39 is 6.04 Å². The standard InChI is InChI=1S/C24H26N4O2S/c29-22(27-23-25-15-17-31-23)21-12-7-16-28(21)24(30)26-14-13-20(18-8-3-1-4-9-18)19-10-5-2-6-11-19/h1-6,8-11,15,17,20-21H,7,12-14,16H2,(H,26,30)(H,25,27,29)/t21-/m0/s1. The lowest BCUT2D eigenvalue weighted by Gasteiger charge is -2.25. The lowest BCUT2D eigenvalue weighted by atomic mass is 9.88. The molecule has 7 heteroatoms. The highest BCUT2D eigenvalue weighted by Crippen LogP contribution is 2.27. The topological polar surface area (TPSA) is 74.3 Å². The molecule has 3 amide bonds. The van der Waals surface area contributed by atoms with Crippen molar-refractivity contribution in [2.45, 2.75) is 31.2 Å². The zero-order valence-electron chi connectivity index (χ0n) is 17.2. The molecule has 1 aromatic heterocycles. The van der Waals surface area contributed by atoms with Gasteiger partial charge in [0.2, 0.25) is 5.91 Å². The molecule has 0 unspecified atom stereocenters. The number of rotatable bonds is 7. The van der Waals surface area contributed by atoms with Crippen molar-refractivity contribution in [1.82, 2.24) is 15.2 Å². The second kappa shape index (κ2) is 10.2. The summed E-state index contributed by atoms with van der Waals surface area (Å²) in [5, 5.41) is 8.22. The number of benzene rings is 2. The van der Waals surface area contributed by atoms with Crippen LogP contribution in [-0.2, 0) is 4.79 Å². The molecule has 0 spiro atoms. The maximum absolute atomic E-state index is 12.8. The number of aromatic nitrogens is 1. The van der Waals surface area contributed by atoms with E-state index in [4.69, 9.17) is 0 Å². The van der Waals surface area contributed by atoms with E-state index >= 15 is 0 Å². The van der Waals surface area contributed by atoms with E-state index in [-0.39, 0.29) is 17.9 Å². The van der Waals surface area contributed by atoms with Crippen LogP contribution in [0, 0.1) is 0 Å². The molecule has 1 atom stereocenters. The van der Waals surface area contributed by atoms with Crippen molar-refractivity contribution in [3.05, 3.63) is 83.4 Å². The van der Waals surface area contributed by atoms with Crippen LogP contribution in [0.2, 0.25) is 0 Å². The van der Waals surface area contributed by atoms with Crippen LogP contribution in [0.15, 0.2) is 72.2 Å². The molecule has 0 saturated carbocycles. The summed E-state index contributed by atoms with van der Waals surface area (Å²) in [6.45, 7) is 1.12. The Labute approximate surface area is 186 Å². The van der Waals surface area contributed by atoms with E-state index in [0.29, 0.717) is 24.6 Å². The maximum atomic E-state index is 12.8. The van der Waals surface area contributed by atoms with Gasteiger partial charge in [-0.05, 0) is 30.4 Å². The van der Waals surface area contributed by atoms with Crippen LogP contribution in [0.1, 0.15) is 36.3 Å². The Kier molecular flexibility index (Phi) is 6.94. The van der Waals surface area contributed by atoms with E-state index in [2.05, 4.69) is 39.9 Å². The van der Waals surface area contributed by atoms with Crippen molar-refractivity contribution in [1.29, 1.82) is 0 Å². The Bertz CT molecular complexity index is 940. The number of anilines is 1. The lowest BCUT2D eigenvalue weighted by molar-refractivity contribution is -0.119. The van der Waals surface area contributed by atoms with Crippen molar-refractivity contribution in [2.75, 3.05) is 18.4 Å². The van der Waals surface area contributed by atoms with Crippen molar-refractivity contribution in [3.8, 4) is 0 Å². The first-order chi connectivity index (χ1) is 15.2. The molecular weight excluding hydrogens is 408 g/mol. The molecule has 6 nitrogen and oxygen atoms in total. The predicted octanol–water partition coefficient (Wildman–Crippen LogP) is 4.48. The van der Waals surface area contributed by atoms with Crippen LogP contribution in [0.3, 0.4) is 0 Å². The zero-order chi connectivity index (χ0) is 21.5. The first-order valence-electron chi connectivity index (χ1n) is 10.6. The van der Waals surface area contributed by atoms with Crippen molar-refractivity contribution in [3.63, 3.8) is 0 Å². The largest absolute Gasteiger partial charge is 0.338 e. The number of hydrogen-bond donors (Lipinski definition) is 2. The minimum Gasteiger partial charge on any atom is -0.338 e. The second-order valence-electron chi connectivity index (χ2n) is 7.57. The first-order valence-corrected chi connectivity index (χ1v) is 11.4. The summed E-state index contributed by atoms with van der Waals surface area (Å²) >= 11 is 1.37. The molecule has 2 aromatic carbocycles. The van der Waals surface area contributed by atoms with E-state index in [1.165, 1.54) is 22.5 Å². The van der Waals surface area contributed by atoms with Gasteiger partial charge in [-0.15, -0.1) is 11.3 Å². The molecule has 0 bridgehead atoms. The Morgan fingerprint density at radius 1 is 1.06 bits per heavy atom. The summed E-state index contributed by atoms with van der Waals surface area (Å²) in [4.78, 5) is 31.2. The van der Waals surface area contributed by atoms with E-state index in [1.807, 2.05) is 41.8 Å². The molecule has 1 fully saturated rings. The van der Waals surface area contributed by atoms with Gasteiger partial charge in [-0.25, -0.2) is 9.78 Å². The number of nitrogens with one attached hydrogen (secondary N) is 2. The number of nitrogens with zero attached hydrogens (tertiary/aromatic N) is 2. The Morgan fingerprint density at radius 2 is 1.74 bits per heavy atom. The predicted molar refractivity (Wildman–Crippen MR) is 123 cm³/mol. The fourth-order valence-corrected chi connectivity index (χ4v) is 4.61. The summed E-state index contributed by atoms with van der Waals surface area (Å²) < 4.78 is 0. The highest BCUT2D eigenvalue weighted by Gasteiger charge is 2.34. The molecule has 4 rings (SSSR count). The van der Waals surface area contributed by atoms with Gasteiger partial charge in [-0.2, -0.15) is 0 Å². The van der Waals surface area contributed by atoms with Gasteiger partial charge in [0.15, 0.2) is 5.13 Å². The monoisotopic (exact) mass is 434 g/mol. The summed E-state index contributed by atoms with van der Waals surface area (Å²) in [5.74, 6) is 0.0272. The average molecular weight is 435 g/mol. The molecule has 1 saturated heterocycles. The third kappa shape index (κ3) is 5.30. The molecular formula is C24H26N4O2S. The molecule has 3 aromatic rings.